The van der Waals surface area contributed by atoms with Crippen molar-refractivity contribution in [1.29, 1.82) is 0 Å². The molecule has 0 aromatic carbocycles. The van der Waals surface area contributed by atoms with Gasteiger partial charge < -0.3 is 5.32 Å². The van der Waals surface area contributed by atoms with Crippen molar-refractivity contribution >= 4 is 22.6 Å². The number of carbonyl (C=O) groups excluding carboxylic acids is 1. The largest absolute Gasteiger partial charge is 0.335 e. The number of nitrogens with one attached hydrogen (secondary N) is 2. The van der Waals surface area contributed by atoms with Gasteiger partial charge in [0.2, 0.25) is 0 Å². The summed E-state index contributed by atoms with van der Waals surface area (Å²) in [6.45, 7) is 2.17. The van der Waals surface area contributed by atoms with E-state index in [0.29, 0.717) is 17.0 Å². The fourth-order valence-electron chi connectivity index (χ4n) is 1.65. The van der Waals surface area contributed by atoms with Gasteiger partial charge in [0.25, 0.3) is 0 Å². The molecule has 1 aliphatic carbocycles. The molecule has 0 saturated heterocycles. The van der Waals surface area contributed by atoms with Crippen LogP contribution in [0.25, 0.3) is 0 Å². The van der Waals surface area contributed by atoms with E-state index in [1.54, 1.807) is 6.20 Å². The predicted octanol–water partition coefficient (Wildman–Crippen LogP) is 1.85. The van der Waals surface area contributed by atoms with Crippen molar-refractivity contribution in [3.05, 3.63) is 6.20 Å². The van der Waals surface area contributed by atoms with E-state index >= 15 is 0 Å². The summed E-state index contributed by atoms with van der Waals surface area (Å²) in [6.07, 6.45) is 5.04. The molecule has 2 amide bonds. The first-order chi connectivity index (χ1) is 7.29. The Labute approximate surface area is 92.4 Å². The second-order valence-corrected chi connectivity index (χ2v) is 4.56. The zero-order valence-electron chi connectivity index (χ0n) is 8.56. The summed E-state index contributed by atoms with van der Waals surface area (Å²) in [7, 11) is 0. The molecule has 2 rings (SSSR count). The normalized spacial score (nSPS) is 23.5. The van der Waals surface area contributed by atoms with Gasteiger partial charge in [-0.1, -0.05) is 17.8 Å². The summed E-state index contributed by atoms with van der Waals surface area (Å²) < 4.78 is 3.66. The standard InChI is InChI=1S/C9H14N4OS/c1-2-3-6-4-7(6)11-9(14)12-8-5-10-13-15-8/h5-7H,2-4H2,1H3,(H2,11,12,14)/t6-,7-/m1/s1. The summed E-state index contributed by atoms with van der Waals surface area (Å²) >= 11 is 1.18. The first-order valence-corrected chi connectivity index (χ1v) is 5.91. The number of hydrogen-bond donors (Lipinski definition) is 2. The molecule has 1 saturated carbocycles. The minimum atomic E-state index is -0.148. The lowest BCUT2D eigenvalue weighted by molar-refractivity contribution is 0.251. The Morgan fingerprint density at radius 2 is 2.60 bits per heavy atom. The highest BCUT2D eigenvalue weighted by molar-refractivity contribution is 7.10. The number of nitrogens with zero attached hydrogens (tertiary/aromatic N) is 2. The van der Waals surface area contributed by atoms with Gasteiger partial charge in [0, 0.05) is 17.6 Å². The van der Waals surface area contributed by atoms with Gasteiger partial charge in [-0.2, -0.15) is 0 Å². The van der Waals surface area contributed by atoms with Crippen molar-refractivity contribution in [2.45, 2.75) is 32.2 Å². The lowest BCUT2D eigenvalue weighted by atomic mass is 10.2. The van der Waals surface area contributed by atoms with Crippen LogP contribution in [0.15, 0.2) is 6.20 Å². The molecule has 2 N–H and O–H groups in total. The van der Waals surface area contributed by atoms with Crippen LogP contribution >= 0.6 is 11.5 Å². The number of hydrogen-bond acceptors (Lipinski definition) is 4. The molecule has 1 heterocycles. The van der Waals surface area contributed by atoms with Crippen molar-refractivity contribution in [3.8, 4) is 0 Å². The maximum absolute atomic E-state index is 11.4. The number of amides is 2. The number of aromatic nitrogens is 2. The molecule has 1 aromatic heterocycles. The average Bonchev–Trinajstić information content (AvgIpc) is 2.73. The molecule has 1 aliphatic rings. The molecule has 2 atom stereocenters. The van der Waals surface area contributed by atoms with Crippen LogP contribution in [0.4, 0.5) is 9.80 Å². The van der Waals surface area contributed by atoms with E-state index < -0.39 is 0 Å². The minimum Gasteiger partial charge on any atom is -0.335 e. The average molecular weight is 226 g/mol. The quantitative estimate of drug-likeness (QED) is 0.823. The van der Waals surface area contributed by atoms with Crippen molar-refractivity contribution in [3.63, 3.8) is 0 Å². The fraction of sp³-hybridized carbons (Fsp3) is 0.667. The Morgan fingerprint density at radius 1 is 1.73 bits per heavy atom. The third-order valence-electron chi connectivity index (χ3n) is 2.50. The van der Waals surface area contributed by atoms with Crippen molar-refractivity contribution in [2.75, 3.05) is 5.32 Å². The van der Waals surface area contributed by atoms with E-state index in [1.807, 2.05) is 0 Å². The molecular formula is C9H14N4OS. The molecule has 5 nitrogen and oxygen atoms in total. The Kier molecular flexibility index (Phi) is 3.15. The molecule has 0 radical (unpaired) electrons. The molecule has 0 spiro atoms. The van der Waals surface area contributed by atoms with Crippen LogP contribution in [0.3, 0.4) is 0 Å². The molecule has 0 aliphatic heterocycles. The van der Waals surface area contributed by atoms with Crippen LogP contribution in [0.1, 0.15) is 26.2 Å². The second kappa shape index (κ2) is 4.57. The Bertz CT molecular complexity index is 327. The lowest BCUT2D eigenvalue weighted by Gasteiger charge is -2.03. The van der Waals surface area contributed by atoms with Gasteiger partial charge in [0.15, 0.2) is 0 Å². The van der Waals surface area contributed by atoms with Gasteiger partial charge in [0.1, 0.15) is 5.00 Å². The fourth-order valence-corrected chi connectivity index (χ4v) is 2.07. The smallest absolute Gasteiger partial charge is 0.320 e. The van der Waals surface area contributed by atoms with Crippen LogP contribution in [0, 0.1) is 5.92 Å². The van der Waals surface area contributed by atoms with Crippen LogP contribution in [0.5, 0.6) is 0 Å². The molecule has 6 heteroatoms. The lowest BCUT2D eigenvalue weighted by Crippen LogP contribution is -2.31. The highest BCUT2D eigenvalue weighted by Crippen LogP contribution is 2.34. The van der Waals surface area contributed by atoms with E-state index in [2.05, 4.69) is 27.1 Å². The van der Waals surface area contributed by atoms with Crippen molar-refractivity contribution in [1.82, 2.24) is 14.9 Å². The van der Waals surface area contributed by atoms with Crippen molar-refractivity contribution in [2.24, 2.45) is 5.92 Å². The molecule has 15 heavy (non-hydrogen) atoms. The van der Waals surface area contributed by atoms with E-state index in [4.69, 9.17) is 0 Å². The van der Waals surface area contributed by atoms with Crippen LogP contribution in [-0.4, -0.2) is 21.7 Å². The van der Waals surface area contributed by atoms with Crippen LogP contribution in [-0.2, 0) is 0 Å². The van der Waals surface area contributed by atoms with Crippen LogP contribution < -0.4 is 10.6 Å². The number of rotatable bonds is 4. The van der Waals surface area contributed by atoms with Gasteiger partial charge >= 0.3 is 6.03 Å². The summed E-state index contributed by atoms with van der Waals surface area (Å²) in [5.74, 6) is 0.681. The first kappa shape index (κ1) is 10.4. The zero-order valence-corrected chi connectivity index (χ0v) is 9.38. The van der Waals surface area contributed by atoms with Gasteiger partial charge in [0.05, 0.1) is 6.20 Å². The third-order valence-corrected chi connectivity index (χ3v) is 3.08. The second-order valence-electron chi connectivity index (χ2n) is 3.77. The maximum atomic E-state index is 11.4. The molecule has 0 bridgehead atoms. The summed E-state index contributed by atoms with van der Waals surface area (Å²) in [4.78, 5) is 11.4. The van der Waals surface area contributed by atoms with E-state index in [0.717, 1.165) is 6.42 Å². The van der Waals surface area contributed by atoms with Gasteiger partial charge in [-0.05, 0) is 18.8 Å². The topological polar surface area (TPSA) is 66.9 Å². The molecular weight excluding hydrogens is 212 g/mol. The SMILES string of the molecule is CCC[C@@H]1C[C@H]1NC(=O)Nc1cnns1. The molecule has 1 fully saturated rings. The Balaban J connectivity index is 1.70. The third kappa shape index (κ3) is 2.89. The monoisotopic (exact) mass is 226 g/mol. The first-order valence-electron chi connectivity index (χ1n) is 5.14. The Morgan fingerprint density at radius 3 is 3.27 bits per heavy atom. The summed E-state index contributed by atoms with van der Waals surface area (Å²) in [6, 6.07) is 0.218. The summed E-state index contributed by atoms with van der Waals surface area (Å²) in [5, 5.41) is 9.95. The van der Waals surface area contributed by atoms with E-state index in [-0.39, 0.29) is 6.03 Å². The van der Waals surface area contributed by atoms with Crippen LogP contribution in [0.2, 0.25) is 0 Å². The van der Waals surface area contributed by atoms with Gasteiger partial charge in [-0.15, -0.1) is 5.10 Å². The Hall–Kier alpha value is -1.17. The highest BCUT2D eigenvalue weighted by Gasteiger charge is 2.37. The number of carbonyl (C=O) groups is 1. The minimum absolute atomic E-state index is 0.148. The van der Waals surface area contributed by atoms with Gasteiger partial charge in [-0.3, -0.25) is 5.32 Å². The van der Waals surface area contributed by atoms with Gasteiger partial charge in [-0.25, -0.2) is 4.79 Å². The maximum Gasteiger partial charge on any atom is 0.320 e. The zero-order chi connectivity index (χ0) is 10.7. The number of urea groups is 1. The molecule has 82 valence electrons. The summed E-state index contributed by atoms with van der Waals surface area (Å²) in [5.41, 5.74) is 0. The highest BCUT2D eigenvalue weighted by atomic mass is 32.1. The van der Waals surface area contributed by atoms with E-state index in [1.165, 1.54) is 24.4 Å². The predicted molar refractivity (Wildman–Crippen MR) is 58.9 cm³/mol. The van der Waals surface area contributed by atoms with E-state index in [9.17, 15) is 4.79 Å². The molecule has 0 unspecified atom stereocenters. The van der Waals surface area contributed by atoms with Crippen molar-refractivity contribution < 1.29 is 4.79 Å². The number of anilines is 1. The molecule has 1 aromatic rings.